The molecule has 0 fully saturated rings. The highest BCUT2D eigenvalue weighted by molar-refractivity contribution is 6.31. The molecule has 0 N–H and O–H groups in total. The topological polar surface area (TPSA) is 30.2 Å². The van der Waals surface area contributed by atoms with E-state index >= 15 is 0 Å². The average molecular weight is 248 g/mol. The van der Waals surface area contributed by atoms with Crippen molar-refractivity contribution in [2.45, 2.75) is 6.18 Å². The summed E-state index contributed by atoms with van der Waals surface area (Å²) in [5, 5.41) is 3.34. The third-order valence-corrected chi connectivity index (χ3v) is 2.32. The van der Waals surface area contributed by atoms with E-state index in [1.54, 1.807) is 0 Å². The van der Waals surface area contributed by atoms with E-state index in [0.717, 1.165) is 4.52 Å². The van der Waals surface area contributed by atoms with E-state index < -0.39 is 12.0 Å². The second-order valence-electron chi connectivity index (χ2n) is 2.99. The van der Waals surface area contributed by atoms with Crippen LogP contribution in [0.5, 0.6) is 0 Å². The molecule has 2 aromatic rings. The third-order valence-electron chi connectivity index (χ3n) is 1.94. The first kappa shape index (κ1) is 10.9. The Balaban J connectivity index is 2.71. The van der Waals surface area contributed by atoms with Crippen LogP contribution in [0.2, 0.25) is 5.15 Å². The Hall–Kier alpha value is -1.56. The molecule has 0 bridgehead atoms. The predicted octanol–water partition coefficient (Wildman–Crippen LogP) is 3.04. The fourth-order valence-electron chi connectivity index (χ4n) is 1.20. The van der Waals surface area contributed by atoms with Gasteiger partial charge in [-0.1, -0.05) is 24.3 Å². The normalized spacial score (nSPS) is 12.0. The minimum Gasteiger partial charge on any atom is -0.203 e. The monoisotopic (exact) mass is 247 g/mol. The fourth-order valence-corrected chi connectivity index (χ4v) is 1.47. The van der Waals surface area contributed by atoms with Gasteiger partial charge in [-0.15, -0.1) is 5.10 Å². The molecule has 0 aliphatic heterocycles. The molecule has 2 aromatic heterocycles. The van der Waals surface area contributed by atoms with Gasteiger partial charge in [-0.3, -0.25) is 0 Å². The summed E-state index contributed by atoms with van der Waals surface area (Å²) < 4.78 is 37.9. The SMILES string of the molecule is C=Cc1ccc2nc(C(F)(F)F)nn2c1Cl. The van der Waals surface area contributed by atoms with Gasteiger partial charge in [0, 0.05) is 5.56 Å². The van der Waals surface area contributed by atoms with Crippen LogP contribution in [-0.2, 0) is 6.18 Å². The number of pyridine rings is 1. The number of fused-ring (bicyclic) bond motifs is 1. The third kappa shape index (κ3) is 1.65. The fraction of sp³-hybridized carbons (Fsp3) is 0.111. The zero-order chi connectivity index (χ0) is 11.9. The molecule has 0 aliphatic carbocycles. The van der Waals surface area contributed by atoms with Gasteiger partial charge in [0.2, 0.25) is 0 Å². The van der Waals surface area contributed by atoms with Crippen molar-refractivity contribution >= 4 is 23.3 Å². The van der Waals surface area contributed by atoms with Crippen LogP contribution in [0.15, 0.2) is 18.7 Å². The van der Waals surface area contributed by atoms with E-state index in [9.17, 15) is 13.2 Å². The van der Waals surface area contributed by atoms with Crippen LogP contribution in [0.1, 0.15) is 11.4 Å². The Kier molecular flexibility index (Phi) is 2.38. The van der Waals surface area contributed by atoms with E-state index in [0.29, 0.717) is 5.56 Å². The molecule has 0 saturated carbocycles. The van der Waals surface area contributed by atoms with E-state index in [1.165, 1.54) is 18.2 Å². The predicted molar refractivity (Wildman–Crippen MR) is 53.1 cm³/mol. The van der Waals surface area contributed by atoms with E-state index in [1.807, 2.05) is 0 Å². The van der Waals surface area contributed by atoms with Gasteiger partial charge in [0.1, 0.15) is 5.15 Å². The van der Waals surface area contributed by atoms with Gasteiger partial charge in [-0.25, -0.2) is 9.50 Å². The number of rotatable bonds is 1. The minimum atomic E-state index is -4.58. The molecule has 0 saturated heterocycles. The standard InChI is InChI=1S/C9H5ClF3N3/c1-2-5-3-4-6-14-8(9(11,12)13)15-16(6)7(5)10/h2-4H,1H2. The number of halogens is 4. The van der Waals surface area contributed by atoms with Crippen LogP contribution in [0, 0.1) is 0 Å². The number of hydrogen-bond acceptors (Lipinski definition) is 2. The molecular formula is C9H5ClF3N3. The molecule has 0 spiro atoms. The Morgan fingerprint density at radius 1 is 1.38 bits per heavy atom. The highest BCUT2D eigenvalue weighted by atomic mass is 35.5. The summed E-state index contributed by atoms with van der Waals surface area (Å²) in [6.07, 6.45) is -3.15. The van der Waals surface area contributed by atoms with Gasteiger partial charge in [0.15, 0.2) is 5.65 Å². The van der Waals surface area contributed by atoms with Crippen molar-refractivity contribution in [3.05, 3.63) is 35.3 Å². The largest absolute Gasteiger partial charge is 0.453 e. The van der Waals surface area contributed by atoms with Gasteiger partial charge in [-0.2, -0.15) is 13.2 Å². The van der Waals surface area contributed by atoms with Crippen LogP contribution in [0.4, 0.5) is 13.2 Å². The van der Waals surface area contributed by atoms with Crippen molar-refractivity contribution in [1.82, 2.24) is 14.6 Å². The maximum absolute atomic E-state index is 12.3. The lowest BCUT2D eigenvalue weighted by Gasteiger charge is -1.99. The van der Waals surface area contributed by atoms with E-state index in [4.69, 9.17) is 11.6 Å². The Labute approximate surface area is 93.2 Å². The molecule has 16 heavy (non-hydrogen) atoms. The zero-order valence-electron chi connectivity index (χ0n) is 7.79. The molecule has 2 rings (SSSR count). The Bertz CT molecular complexity index is 559. The lowest BCUT2D eigenvalue weighted by molar-refractivity contribution is -0.144. The molecule has 2 heterocycles. The molecule has 0 atom stereocenters. The summed E-state index contributed by atoms with van der Waals surface area (Å²) in [5.41, 5.74) is 0.538. The van der Waals surface area contributed by atoms with Crippen molar-refractivity contribution in [3.8, 4) is 0 Å². The lowest BCUT2D eigenvalue weighted by Crippen LogP contribution is -2.07. The molecule has 0 aromatic carbocycles. The molecule has 0 unspecified atom stereocenters. The van der Waals surface area contributed by atoms with Crippen LogP contribution in [0.25, 0.3) is 11.7 Å². The second-order valence-corrected chi connectivity index (χ2v) is 3.34. The number of alkyl halides is 3. The number of hydrogen-bond donors (Lipinski definition) is 0. The van der Waals surface area contributed by atoms with E-state index in [-0.39, 0.29) is 10.8 Å². The maximum Gasteiger partial charge on any atom is 0.453 e. The Morgan fingerprint density at radius 3 is 2.62 bits per heavy atom. The van der Waals surface area contributed by atoms with Crippen molar-refractivity contribution in [2.24, 2.45) is 0 Å². The summed E-state index contributed by atoms with van der Waals surface area (Å²) in [6.45, 7) is 3.49. The minimum absolute atomic E-state index is 0.0444. The summed E-state index contributed by atoms with van der Waals surface area (Å²) in [4.78, 5) is 3.33. The van der Waals surface area contributed by atoms with Crippen molar-refractivity contribution < 1.29 is 13.2 Å². The van der Waals surface area contributed by atoms with Crippen molar-refractivity contribution in [2.75, 3.05) is 0 Å². The van der Waals surface area contributed by atoms with Gasteiger partial charge in [0.05, 0.1) is 0 Å². The zero-order valence-corrected chi connectivity index (χ0v) is 8.55. The molecule has 0 amide bonds. The van der Waals surface area contributed by atoms with Crippen LogP contribution >= 0.6 is 11.6 Å². The average Bonchev–Trinajstić information content (AvgIpc) is 2.62. The van der Waals surface area contributed by atoms with Gasteiger partial charge in [-0.05, 0) is 12.1 Å². The Morgan fingerprint density at radius 2 is 2.06 bits per heavy atom. The van der Waals surface area contributed by atoms with Gasteiger partial charge >= 0.3 is 6.18 Å². The molecule has 0 radical (unpaired) electrons. The number of aromatic nitrogens is 3. The van der Waals surface area contributed by atoms with Gasteiger partial charge < -0.3 is 0 Å². The summed E-state index contributed by atoms with van der Waals surface area (Å²) >= 11 is 5.83. The number of nitrogens with zero attached hydrogens (tertiary/aromatic N) is 3. The molecule has 84 valence electrons. The summed E-state index contributed by atoms with van der Waals surface area (Å²) in [6, 6.07) is 2.92. The first-order valence-corrected chi connectivity index (χ1v) is 4.56. The highest BCUT2D eigenvalue weighted by Crippen LogP contribution is 2.28. The smallest absolute Gasteiger partial charge is 0.203 e. The van der Waals surface area contributed by atoms with Gasteiger partial charge in [0.25, 0.3) is 5.82 Å². The lowest BCUT2D eigenvalue weighted by atomic mass is 10.3. The van der Waals surface area contributed by atoms with E-state index in [2.05, 4.69) is 16.7 Å². The van der Waals surface area contributed by atoms with Crippen molar-refractivity contribution in [3.63, 3.8) is 0 Å². The first-order valence-electron chi connectivity index (χ1n) is 4.18. The molecule has 0 aliphatic rings. The quantitative estimate of drug-likeness (QED) is 0.725. The van der Waals surface area contributed by atoms with Crippen LogP contribution < -0.4 is 0 Å². The molecule has 7 heteroatoms. The maximum atomic E-state index is 12.3. The van der Waals surface area contributed by atoms with Crippen LogP contribution in [0.3, 0.4) is 0 Å². The molecule has 3 nitrogen and oxygen atoms in total. The summed E-state index contributed by atoms with van der Waals surface area (Å²) in [7, 11) is 0. The first-order chi connectivity index (χ1) is 7.43. The molecular weight excluding hydrogens is 243 g/mol. The van der Waals surface area contributed by atoms with Crippen molar-refractivity contribution in [1.29, 1.82) is 0 Å². The second kappa shape index (κ2) is 3.48. The summed E-state index contributed by atoms with van der Waals surface area (Å²) in [5.74, 6) is -1.21. The van der Waals surface area contributed by atoms with Crippen LogP contribution in [-0.4, -0.2) is 14.6 Å². The highest BCUT2D eigenvalue weighted by Gasteiger charge is 2.36.